The minimum atomic E-state index is -3.40. The predicted octanol–water partition coefficient (Wildman–Crippen LogP) is 3.07. The van der Waals surface area contributed by atoms with Gasteiger partial charge in [-0.1, -0.05) is 0 Å². The average molecular weight is 393 g/mol. The van der Waals surface area contributed by atoms with Crippen molar-refractivity contribution < 1.29 is 17.5 Å². The number of aryl methyl sites for hydroxylation is 1. The second-order valence-electron chi connectivity index (χ2n) is 5.66. The zero-order chi connectivity index (χ0) is 18.6. The van der Waals surface area contributed by atoms with Gasteiger partial charge in [-0.05, 0) is 31.2 Å². The Morgan fingerprint density at radius 1 is 1.08 bits per heavy atom. The van der Waals surface area contributed by atoms with E-state index in [2.05, 4.69) is 15.0 Å². The molecule has 2 heterocycles. The molecule has 0 spiro atoms. The standard InChI is InChI=1S/C17H16FN3O3S2/c1-12-6-20-14(7-19-12)10-26(22,23)11-15-9-25-17(21-15)8-24-16-4-2-13(18)3-5-16/h2-7,9H,8,10-11H2,1H3. The molecule has 0 aliphatic carbocycles. The lowest BCUT2D eigenvalue weighted by Gasteiger charge is -2.03. The first-order valence-corrected chi connectivity index (χ1v) is 10.4. The molecule has 3 rings (SSSR count). The van der Waals surface area contributed by atoms with Gasteiger partial charge in [0.2, 0.25) is 0 Å². The normalized spacial score (nSPS) is 11.5. The van der Waals surface area contributed by atoms with Gasteiger partial charge in [0, 0.05) is 17.8 Å². The Kier molecular flexibility index (Phi) is 5.58. The van der Waals surface area contributed by atoms with Gasteiger partial charge in [0.05, 0.1) is 28.6 Å². The van der Waals surface area contributed by atoms with E-state index in [1.807, 2.05) is 0 Å². The molecule has 6 nitrogen and oxygen atoms in total. The van der Waals surface area contributed by atoms with Gasteiger partial charge in [0.25, 0.3) is 0 Å². The maximum atomic E-state index is 12.9. The number of aromatic nitrogens is 3. The van der Waals surface area contributed by atoms with Gasteiger partial charge in [-0.15, -0.1) is 11.3 Å². The Balaban J connectivity index is 1.58. The monoisotopic (exact) mass is 393 g/mol. The molecule has 0 amide bonds. The van der Waals surface area contributed by atoms with Crippen LogP contribution in [0.5, 0.6) is 5.75 Å². The molecule has 0 fully saturated rings. The van der Waals surface area contributed by atoms with E-state index < -0.39 is 9.84 Å². The molecule has 0 bridgehead atoms. The van der Waals surface area contributed by atoms with E-state index in [0.717, 1.165) is 5.69 Å². The van der Waals surface area contributed by atoms with Crippen LogP contribution >= 0.6 is 11.3 Å². The third-order valence-corrected chi connectivity index (χ3v) is 5.69. The Bertz CT molecular complexity index is 971. The summed E-state index contributed by atoms with van der Waals surface area (Å²) < 4.78 is 43.0. The smallest absolute Gasteiger partial charge is 0.161 e. The molecule has 0 radical (unpaired) electrons. The van der Waals surface area contributed by atoms with Crippen molar-refractivity contribution in [2.24, 2.45) is 0 Å². The zero-order valence-electron chi connectivity index (χ0n) is 13.9. The molecule has 1 aromatic carbocycles. The Morgan fingerprint density at radius 2 is 1.81 bits per heavy atom. The van der Waals surface area contributed by atoms with Gasteiger partial charge >= 0.3 is 0 Å². The number of thiazole rings is 1. The molecule has 9 heteroatoms. The number of benzene rings is 1. The van der Waals surface area contributed by atoms with Crippen molar-refractivity contribution >= 4 is 21.2 Å². The first kappa shape index (κ1) is 18.4. The lowest BCUT2D eigenvalue weighted by molar-refractivity contribution is 0.305. The van der Waals surface area contributed by atoms with Crippen LogP contribution < -0.4 is 4.74 Å². The van der Waals surface area contributed by atoms with E-state index in [0.29, 0.717) is 22.1 Å². The summed E-state index contributed by atoms with van der Waals surface area (Å²) in [6.45, 7) is 1.98. The number of sulfone groups is 1. The second-order valence-corrected chi connectivity index (χ2v) is 8.66. The SMILES string of the molecule is Cc1cnc(CS(=O)(=O)Cc2csc(COc3ccc(F)cc3)n2)cn1. The average Bonchev–Trinajstić information content (AvgIpc) is 3.03. The lowest BCUT2D eigenvalue weighted by Crippen LogP contribution is -2.09. The van der Waals surface area contributed by atoms with Gasteiger partial charge in [0.15, 0.2) is 9.84 Å². The summed E-state index contributed by atoms with van der Waals surface area (Å²) in [5.41, 5.74) is 1.61. The molecule has 2 aromatic heterocycles. The maximum Gasteiger partial charge on any atom is 0.161 e. The molecule has 0 atom stereocenters. The molecule has 0 saturated carbocycles. The summed E-state index contributed by atoms with van der Waals surface area (Å²) in [6, 6.07) is 5.67. The van der Waals surface area contributed by atoms with Crippen LogP contribution in [0.3, 0.4) is 0 Å². The zero-order valence-corrected chi connectivity index (χ0v) is 15.6. The first-order chi connectivity index (χ1) is 12.4. The first-order valence-electron chi connectivity index (χ1n) is 7.69. The fourth-order valence-corrected chi connectivity index (χ4v) is 4.26. The minimum absolute atomic E-state index is 0.171. The highest BCUT2D eigenvalue weighted by Crippen LogP contribution is 2.18. The number of ether oxygens (including phenoxy) is 1. The molecule has 0 unspecified atom stereocenters. The van der Waals surface area contributed by atoms with Crippen molar-refractivity contribution in [3.8, 4) is 5.75 Å². The molecular formula is C17H16FN3O3S2. The molecule has 0 aliphatic heterocycles. The van der Waals surface area contributed by atoms with Crippen molar-refractivity contribution in [3.05, 3.63) is 69.9 Å². The van der Waals surface area contributed by atoms with Crippen LogP contribution in [0.4, 0.5) is 4.39 Å². The van der Waals surface area contributed by atoms with Gasteiger partial charge in [0.1, 0.15) is 23.2 Å². The second kappa shape index (κ2) is 7.88. The third-order valence-electron chi connectivity index (χ3n) is 3.35. The number of hydrogen-bond donors (Lipinski definition) is 0. The highest BCUT2D eigenvalue weighted by atomic mass is 32.2. The van der Waals surface area contributed by atoms with Crippen LogP contribution in [-0.2, 0) is 27.9 Å². The summed E-state index contributed by atoms with van der Waals surface area (Å²) in [5, 5.41) is 2.34. The predicted molar refractivity (Wildman–Crippen MR) is 95.9 cm³/mol. The van der Waals surface area contributed by atoms with Gasteiger partial charge < -0.3 is 4.74 Å². The lowest BCUT2D eigenvalue weighted by atomic mass is 10.3. The van der Waals surface area contributed by atoms with E-state index in [-0.39, 0.29) is 23.9 Å². The topological polar surface area (TPSA) is 82.0 Å². The Labute approximate surface area is 154 Å². The van der Waals surface area contributed by atoms with Gasteiger partial charge in [-0.2, -0.15) is 0 Å². The maximum absolute atomic E-state index is 12.9. The molecule has 3 aromatic rings. The van der Waals surface area contributed by atoms with Crippen molar-refractivity contribution in [1.82, 2.24) is 15.0 Å². The Morgan fingerprint density at radius 3 is 2.50 bits per heavy atom. The summed E-state index contributed by atoms with van der Waals surface area (Å²) in [5.74, 6) is -0.166. The molecule has 0 aliphatic rings. The Hall–Kier alpha value is -2.39. The van der Waals surface area contributed by atoms with Crippen molar-refractivity contribution in [3.63, 3.8) is 0 Å². The van der Waals surface area contributed by atoms with Crippen molar-refractivity contribution in [1.29, 1.82) is 0 Å². The van der Waals surface area contributed by atoms with E-state index >= 15 is 0 Å². The summed E-state index contributed by atoms with van der Waals surface area (Å²) >= 11 is 1.32. The number of rotatable bonds is 7. The van der Waals surface area contributed by atoms with E-state index in [4.69, 9.17) is 4.74 Å². The molecular weight excluding hydrogens is 377 g/mol. The van der Waals surface area contributed by atoms with Crippen LogP contribution in [-0.4, -0.2) is 23.4 Å². The molecule has 26 heavy (non-hydrogen) atoms. The number of nitrogens with zero attached hydrogens (tertiary/aromatic N) is 3. The number of hydrogen-bond acceptors (Lipinski definition) is 7. The highest BCUT2D eigenvalue weighted by molar-refractivity contribution is 7.89. The molecule has 136 valence electrons. The van der Waals surface area contributed by atoms with Crippen molar-refractivity contribution in [2.75, 3.05) is 0 Å². The van der Waals surface area contributed by atoms with Crippen LogP contribution in [0.25, 0.3) is 0 Å². The van der Waals surface area contributed by atoms with Crippen LogP contribution in [0, 0.1) is 12.7 Å². The van der Waals surface area contributed by atoms with Gasteiger partial charge in [-0.3, -0.25) is 9.97 Å². The van der Waals surface area contributed by atoms with Crippen LogP contribution in [0.2, 0.25) is 0 Å². The fraction of sp³-hybridized carbons (Fsp3) is 0.235. The van der Waals surface area contributed by atoms with Crippen molar-refractivity contribution in [2.45, 2.75) is 25.0 Å². The van der Waals surface area contributed by atoms with Gasteiger partial charge in [-0.25, -0.2) is 17.8 Å². The largest absolute Gasteiger partial charge is 0.486 e. The summed E-state index contributed by atoms with van der Waals surface area (Å²) in [6.07, 6.45) is 3.01. The molecule has 0 N–H and O–H groups in total. The van der Waals surface area contributed by atoms with E-state index in [9.17, 15) is 12.8 Å². The summed E-state index contributed by atoms with van der Waals surface area (Å²) in [4.78, 5) is 12.4. The summed E-state index contributed by atoms with van der Waals surface area (Å²) in [7, 11) is -3.40. The number of halogens is 1. The van der Waals surface area contributed by atoms with E-state index in [1.165, 1.54) is 41.8 Å². The quantitative estimate of drug-likeness (QED) is 0.614. The van der Waals surface area contributed by atoms with Crippen LogP contribution in [0.15, 0.2) is 42.0 Å². The van der Waals surface area contributed by atoms with Crippen LogP contribution in [0.1, 0.15) is 22.1 Å². The van der Waals surface area contributed by atoms with E-state index in [1.54, 1.807) is 18.5 Å². The fourth-order valence-electron chi connectivity index (χ4n) is 2.15. The molecule has 0 saturated heterocycles. The third kappa shape index (κ3) is 5.30. The minimum Gasteiger partial charge on any atom is -0.486 e. The highest BCUT2D eigenvalue weighted by Gasteiger charge is 2.16.